The molecule has 6 heteroatoms. The number of hydrogen-bond donors (Lipinski definition) is 2. The Morgan fingerprint density at radius 1 is 1.56 bits per heavy atom. The van der Waals surface area contributed by atoms with Gasteiger partial charge in [-0.2, -0.15) is 0 Å². The summed E-state index contributed by atoms with van der Waals surface area (Å²) < 4.78 is 0.762. The molecule has 0 aliphatic rings. The van der Waals surface area contributed by atoms with Crippen molar-refractivity contribution in [3.63, 3.8) is 0 Å². The molecule has 0 amide bonds. The SMILES string of the molecule is CCCC[C@H](Nc1ncc(Br)cn1)C(=O)O. The zero-order chi connectivity index (χ0) is 12.0. The number of carbonyl (C=O) groups is 1. The number of hydrogen-bond acceptors (Lipinski definition) is 4. The Kier molecular flexibility index (Phi) is 5.18. The molecule has 1 heterocycles. The summed E-state index contributed by atoms with van der Waals surface area (Å²) in [5, 5.41) is 11.8. The third-order valence-electron chi connectivity index (χ3n) is 2.07. The van der Waals surface area contributed by atoms with Crippen molar-refractivity contribution in [2.45, 2.75) is 32.2 Å². The number of nitrogens with one attached hydrogen (secondary N) is 1. The molecule has 0 bridgehead atoms. The number of carboxylic acid groups (broad SMARTS) is 1. The molecule has 1 aromatic heterocycles. The number of carboxylic acids is 1. The zero-order valence-corrected chi connectivity index (χ0v) is 10.6. The Morgan fingerprint density at radius 3 is 2.69 bits per heavy atom. The second kappa shape index (κ2) is 6.42. The van der Waals surface area contributed by atoms with Crippen LogP contribution in [0.1, 0.15) is 26.2 Å². The average molecular weight is 288 g/mol. The lowest BCUT2D eigenvalue weighted by Crippen LogP contribution is -2.29. The summed E-state index contributed by atoms with van der Waals surface area (Å²) in [6, 6.07) is -0.624. The van der Waals surface area contributed by atoms with Crippen molar-refractivity contribution in [1.29, 1.82) is 0 Å². The monoisotopic (exact) mass is 287 g/mol. The predicted octanol–water partition coefficient (Wildman–Crippen LogP) is 2.29. The number of halogens is 1. The van der Waals surface area contributed by atoms with E-state index in [1.807, 2.05) is 6.92 Å². The van der Waals surface area contributed by atoms with Gasteiger partial charge in [0.05, 0.1) is 4.47 Å². The molecule has 0 fully saturated rings. The van der Waals surface area contributed by atoms with Gasteiger partial charge in [-0.3, -0.25) is 0 Å². The molecule has 88 valence electrons. The van der Waals surface area contributed by atoms with Crippen LogP contribution in [0.4, 0.5) is 5.95 Å². The molecule has 1 atom stereocenters. The summed E-state index contributed by atoms with van der Waals surface area (Å²) in [4.78, 5) is 18.9. The van der Waals surface area contributed by atoms with Crippen molar-refractivity contribution in [2.24, 2.45) is 0 Å². The highest BCUT2D eigenvalue weighted by Gasteiger charge is 2.17. The van der Waals surface area contributed by atoms with Crippen molar-refractivity contribution < 1.29 is 9.90 Å². The number of unbranched alkanes of at least 4 members (excludes halogenated alkanes) is 1. The first-order chi connectivity index (χ1) is 7.63. The van der Waals surface area contributed by atoms with E-state index in [0.717, 1.165) is 17.3 Å². The topological polar surface area (TPSA) is 75.1 Å². The first-order valence-corrected chi connectivity index (χ1v) is 5.89. The van der Waals surface area contributed by atoms with Gasteiger partial charge in [-0.1, -0.05) is 19.8 Å². The molecule has 16 heavy (non-hydrogen) atoms. The number of rotatable bonds is 6. The maximum atomic E-state index is 10.9. The highest BCUT2D eigenvalue weighted by molar-refractivity contribution is 9.10. The molecule has 0 spiro atoms. The Hall–Kier alpha value is -1.17. The van der Waals surface area contributed by atoms with Gasteiger partial charge in [0.1, 0.15) is 6.04 Å². The van der Waals surface area contributed by atoms with Crippen LogP contribution in [0.15, 0.2) is 16.9 Å². The van der Waals surface area contributed by atoms with Crippen LogP contribution in [0.5, 0.6) is 0 Å². The molecule has 0 aliphatic heterocycles. The van der Waals surface area contributed by atoms with Gasteiger partial charge in [0, 0.05) is 12.4 Å². The van der Waals surface area contributed by atoms with Crippen LogP contribution in [-0.2, 0) is 4.79 Å². The molecule has 2 N–H and O–H groups in total. The van der Waals surface area contributed by atoms with Crippen LogP contribution in [0, 0.1) is 0 Å². The van der Waals surface area contributed by atoms with Crippen molar-refractivity contribution in [1.82, 2.24) is 9.97 Å². The molecule has 0 saturated carbocycles. The van der Waals surface area contributed by atoms with Gasteiger partial charge in [-0.25, -0.2) is 14.8 Å². The van der Waals surface area contributed by atoms with E-state index in [4.69, 9.17) is 5.11 Å². The minimum Gasteiger partial charge on any atom is -0.480 e. The smallest absolute Gasteiger partial charge is 0.326 e. The van der Waals surface area contributed by atoms with E-state index in [1.165, 1.54) is 0 Å². The largest absolute Gasteiger partial charge is 0.480 e. The molecule has 0 aliphatic carbocycles. The number of anilines is 1. The van der Waals surface area contributed by atoms with Crippen molar-refractivity contribution in [3.05, 3.63) is 16.9 Å². The van der Waals surface area contributed by atoms with Crippen molar-refractivity contribution in [3.8, 4) is 0 Å². The molecule has 5 nitrogen and oxygen atoms in total. The standard InChI is InChI=1S/C10H14BrN3O2/c1-2-3-4-8(9(15)16)14-10-12-5-7(11)6-13-10/h5-6,8H,2-4H2,1H3,(H,15,16)(H,12,13,14)/t8-/m0/s1. The van der Waals surface area contributed by atoms with E-state index >= 15 is 0 Å². The summed E-state index contributed by atoms with van der Waals surface area (Å²) >= 11 is 3.21. The van der Waals surface area contributed by atoms with Crippen LogP contribution in [-0.4, -0.2) is 27.1 Å². The lowest BCUT2D eigenvalue weighted by atomic mass is 10.1. The fourth-order valence-corrected chi connectivity index (χ4v) is 1.41. The van der Waals surface area contributed by atoms with Gasteiger partial charge in [0.2, 0.25) is 5.95 Å². The maximum absolute atomic E-state index is 10.9. The van der Waals surface area contributed by atoms with E-state index in [9.17, 15) is 4.79 Å². The van der Waals surface area contributed by atoms with Gasteiger partial charge >= 0.3 is 5.97 Å². The predicted molar refractivity (Wildman–Crippen MR) is 64.3 cm³/mol. The lowest BCUT2D eigenvalue weighted by Gasteiger charge is -2.13. The molecule has 1 aromatic rings. The van der Waals surface area contributed by atoms with Crippen molar-refractivity contribution >= 4 is 27.8 Å². The quantitative estimate of drug-likeness (QED) is 0.840. The number of nitrogens with zero attached hydrogens (tertiary/aromatic N) is 2. The van der Waals surface area contributed by atoms with E-state index in [1.54, 1.807) is 12.4 Å². The maximum Gasteiger partial charge on any atom is 0.326 e. The lowest BCUT2D eigenvalue weighted by molar-refractivity contribution is -0.138. The third-order valence-corrected chi connectivity index (χ3v) is 2.48. The highest BCUT2D eigenvalue weighted by Crippen LogP contribution is 2.10. The third kappa shape index (κ3) is 4.14. The first kappa shape index (κ1) is 12.9. The van der Waals surface area contributed by atoms with Crippen LogP contribution >= 0.6 is 15.9 Å². The van der Waals surface area contributed by atoms with Gasteiger partial charge < -0.3 is 10.4 Å². The average Bonchev–Trinajstić information content (AvgIpc) is 2.26. The minimum atomic E-state index is -0.875. The Bertz CT molecular complexity index is 342. The summed E-state index contributed by atoms with van der Waals surface area (Å²) in [7, 11) is 0. The van der Waals surface area contributed by atoms with Crippen molar-refractivity contribution in [2.75, 3.05) is 5.32 Å². The number of aromatic nitrogens is 2. The zero-order valence-electron chi connectivity index (χ0n) is 8.98. The van der Waals surface area contributed by atoms with Gasteiger partial charge in [0.15, 0.2) is 0 Å². The number of aliphatic carboxylic acids is 1. The Balaban J connectivity index is 2.60. The second-order valence-electron chi connectivity index (χ2n) is 3.40. The van der Waals surface area contributed by atoms with Gasteiger partial charge in [0.25, 0.3) is 0 Å². The van der Waals surface area contributed by atoms with Gasteiger partial charge in [-0.05, 0) is 22.4 Å². The van der Waals surface area contributed by atoms with E-state index in [2.05, 4.69) is 31.2 Å². The molecule has 0 aromatic carbocycles. The van der Waals surface area contributed by atoms with Crippen LogP contribution in [0.3, 0.4) is 0 Å². The molecule has 0 unspecified atom stereocenters. The second-order valence-corrected chi connectivity index (χ2v) is 4.32. The highest BCUT2D eigenvalue weighted by atomic mass is 79.9. The minimum absolute atomic E-state index is 0.340. The molecular formula is C10H14BrN3O2. The summed E-state index contributed by atoms with van der Waals surface area (Å²) in [5.41, 5.74) is 0. The normalized spacial score (nSPS) is 12.1. The Labute approximate surface area is 102 Å². The molecular weight excluding hydrogens is 274 g/mol. The summed E-state index contributed by atoms with van der Waals surface area (Å²) in [5.74, 6) is -0.535. The fraction of sp³-hybridized carbons (Fsp3) is 0.500. The van der Waals surface area contributed by atoms with Crippen LogP contribution in [0.2, 0.25) is 0 Å². The molecule has 1 rings (SSSR count). The van der Waals surface area contributed by atoms with Crippen LogP contribution < -0.4 is 5.32 Å². The fourth-order valence-electron chi connectivity index (χ4n) is 1.21. The molecule has 0 saturated heterocycles. The van der Waals surface area contributed by atoms with E-state index in [0.29, 0.717) is 12.4 Å². The van der Waals surface area contributed by atoms with Crippen LogP contribution in [0.25, 0.3) is 0 Å². The Morgan fingerprint density at radius 2 is 2.19 bits per heavy atom. The first-order valence-electron chi connectivity index (χ1n) is 5.10. The van der Waals surface area contributed by atoms with E-state index in [-0.39, 0.29) is 0 Å². The van der Waals surface area contributed by atoms with Gasteiger partial charge in [-0.15, -0.1) is 0 Å². The van der Waals surface area contributed by atoms with E-state index < -0.39 is 12.0 Å². The summed E-state index contributed by atoms with van der Waals surface area (Å²) in [6.45, 7) is 2.02. The molecule has 0 radical (unpaired) electrons. The summed E-state index contributed by atoms with van der Waals surface area (Å²) in [6.07, 6.45) is 5.56.